The summed E-state index contributed by atoms with van der Waals surface area (Å²) in [6.07, 6.45) is 6.96. The van der Waals surface area contributed by atoms with E-state index in [4.69, 9.17) is 5.73 Å². The number of anilines is 2. The second kappa shape index (κ2) is 4.87. The molecule has 3 N–H and O–H groups in total. The first-order chi connectivity index (χ1) is 9.22. The van der Waals surface area contributed by atoms with E-state index in [1.807, 2.05) is 24.0 Å². The van der Waals surface area contributed by atoms with Crippen molar-refractivity contribution in [2.75, 3.05) is 17.6 Å². The number of hydrogen-bond donors (Lipinski definition) is 2. The molecule has 1 saturated carbocycles. The maximum absolute atomic E-state index is 5.81. The van der Waals surface area contributed by atoms with Crippen LogP contribution >= 0.6 is 0 Å². The largest absolute Gasteiger partial charge is 0.384 e. The molecule has 0 aliphatic heterocycles. The van der Waals surface area contributed by atoms with Gasteiger partial charge in [0.15, 0.2) is 0 Å². The average molecular weight is 258 g/mol. The van der Waals surface area contributed by atoms with Gasteiger partial charge in [-0.3, -0.25) is 0 Å². The van der Waals surface area contributed by atoms with Gasteiger partial charge in [0.1, 0.15) is 23.3 Å². The highest BCUT2D eigenvalue weighted by Gasteiger charge is 2.27. The lowest BCUT2D eigenvalue weighted by molar-refractivity contribution is 0.787. The van der Waals surface area contributed by atoms with E-state index in [2.05, 4.69) is 20.3 Å². The Balaban J connectivity index is 1.62. The summed E-state index contributed by atoms with van der Waals surface area (Å²) in [6.45, 7) is 0.783. The van der Waals surface area contributed by atoms with Crippen molar-refractivity contribution < 1.29 is 0 Å². The van der Waals surface area contributed by atoms with Crippen molar-refractivity contribution in [3.8, 4) is 0 Å². The van der Waals surface area contributed by atoms with Crippen molar-refractivity contribution >= 4 is 11.6 Å². The molecule has 0 radical (unpaired) electrons. The van der Waals surface area contributed by atoms with Gasteiger partial charge in [0, 0.05) is 44.4 Å². The molecule has 3 rings (SSSR count). The molecule has 100 valence electrons. The molecule has 0 amide bonds. The Labute approximate surface area is 112 Å². The van der Waals surface area contributed by atoms with E-state index < -0.39 is 0 Å². The van der Waals surface area contributed by atoms with Gasteiger partial charge in [-0.1, -0.05) is 0 Å². The van der Waals surface area contributed by atoms with Crippen molar-refractivity contribution in [3.63, 3.8) is 0 Å². The summed E-state index contributed by atoms with van der Waals surface area (Å²) in [7, 11) is 2.00. The van der Waals surface area contributed by atoms with Crippen LogP contribution in [0.5, 0.6) is 0 Å². The lowest BCUT2D eigenvalue weighted by Crippen LogP contribution is -2.11. The Morgan fingerprint density at radius 3 is 2.95 bits per heavy atom. The zero-order chi connectivity index (χ0) is 13.2. The molecule has 0 atom stereocenters. The summed E-state index contributed by atoms with van der Waals surface area (Å²) < 4.78 is 2.02. The predicted octanol–water partition coefficient (Wildman–Crippen LogP) is 1.32. The highest BCUT2D eigenvalue weighted by Crippen LogP contribution is 2.38. The molecule has 6 nitrogen and oxygen atoms in total. The maximum atomic E-state index is 5.81. The van der Waals surface area contributed by atoms with Crippen LogP contribution in [0.25, 0.3) is 0 Å². The van der Waals surface area contributed by atoms with E-state index >= 15 is 0 Å². The molecule has 0 aromatic carbocycles. The molecule has 0 bridgehead atoms. The molecule has 1 fully saturated rings. The topological polar surface area (TPSA) is 81.7 Å². The zero-order valence-electron chi connectivity index (χ0n) is 11.0. The van der Waals surface area contributed by atoms with Crippen LogP contribution in [-0.2, 0) is 13.5 Å². The Bertz CT molecular complexity index is 572. The van der Waals surface area contributed by atoms with Crippen LogP contribution in [0.4, 0.5) is 11.6 Å². The molecular weight excluding hydrogens is 240 g/mol. The number of hydrogen-bond acceptors (Lipinski definition) is 5. The van der Waals surface area contributed by atoms with Crippen LogP contribution in [0.2, 0.25) is 0 Å². The molecule has 0 unspecified atom stereocenters. The smallest absolute Gasteiger partial charge is 0.136 e. The minimum atomic E-state index is 0.513. The summed E-state index contributed by atoms with van der Waals surface area (Å²) in [4.78, 5) is 13.1. The van der Waals surface area contributed by atoms with Crippen LogP contribution in [0.15, 0.2) is 18.5 Å². The summed E-state index contributed by atoms with van der Waals surface area (Å²) in [6, 6.07) is 1.78. The maximum Gasteiger partial charge on any atom is 0.136 e. The van der Waals surface area contributed by atoms with Crippen molar-refractivity contribution in [1.82, 2.24) is 19.5 Å². The van der Waals surface area contributed by atoms with E-state index in [0.29, 0.717) is 11.7 Å². The normalized spacial score (nSPS) is 14.6. The lowest BCUT2D eigenvalue weighted by Gasteiger charge is -2.08. The first-order valence-electron chi connectivity index (χ1n) is 6.57. The van der Waals surface area contributed by atoms with Crippen molar-refractivity contribution in [3.05, 3.63) is 30.1 Å². The third-order valence-corrected chi connectivity index (χ3v) is 3.28. The molecule has 6 heteroatoms. The monoisotopic (exact) mass is 258 g/mol. The lowest BCUT2D eigenvalue weighted by atomic mass is 10.3. The third-order valence-electron chi connectivity index (χ3n) is 3.28. The molecule has 1 aliphatic rings. The van der Waals surface area contributed by atoms with Gasteiger partial charge in [-0.15, -0.1) is 0 Å². The second-order valence-electron chi connectivity index (χ2n) is 4.94. The van der Waals surface area contributed by atoms with Crippen LogP contribution in [-0.4, -0.2) is 26.1 Å². The van der Waals surface area contributed by atoms with Crippen molar-refractivity contribution in [2.24, 2.45) is 7.05 Å². The number of nitrogens with two attached hydrogens (primary N) is 1. The summed E-state index contributed by atoms with van der Waals surface area (Å²) in [5.74, 6) is 3.79. The first kappa shape index (κ1) is 12.0. The van der Waals surface area contributed by atoms with E-state index in [0.717, 1.165) is 30.4 Å². The van der Waals surface area contributed by atoms with Gasteiger partial charge < -0.3 is 15.6 Å². The fourth-order valence-electron chi connectivity index (χ4n) is 2.04. The second-order valence-corrected chi connectivity index (χ2v) is 4.94. The fourth-order valence-corrected chi connectivity index (χ4v) is 2.04. The number of nitrogens with zero attached hydrogens (tertiary/aromatic N) is 4. The standard InChI is InChI=1S/C13H18N6/c1-19-7-6-16-12(19)4-5-15-11-8-10(14)17-13(18-11)9-2-3-9/h6-9H,2-5H2,1H3,(H3,14,15,17,18). The molecule has 1 aliphatic carbocycles. The number of nitrogens with one attached hydrogen (secondary N) is 1. The minimum absolute atomic E-state index is 0.513. The number of rotatable bonds is 5. The first-order valence-corrected chi connectivity index (χ1v) is 6.57. The Hall–Kier alpha value is -2.11. The summed E-state index contributed by atoms with van der Waals surface area (Å²) in [5.41, 5.74) is 5.81. The Kier molecular flexibility index (Phi) is 3.06. The van der Waals surface area contributed by atoms with Crippen molar-refractivity contribution in [2.45, 2.75) is 25.2 Å². The van der Waals surface area contributed by atoms with E-state index in [9.17, 15) is 0 Å². The Morgan fingerprint density at radius 2 is 2.26 bits per heavy atom. The highest BCUT2D eigenvalue weighted by atomic mass is 15.1. The molecule has 0 spiro atoms. The molecule has 0 saturated heterocycles. The number of nitrogen functional groups attached to an aromatic ring is 1. The SMILES string of the molecule is Cn1ccnc1CCNc1cc(N)nc(C2CC2)n1. The predicted molar refractivity (Wildman–Crippen MR) is 73.8 cm³/mol. The highest BCUT2D eigenvalue weighted by molar-refractivity contribution is 5.45. The number of aryl methyl sites for hydroxylation is 1. The molecule has 19 heavy (non-hydrogen) atoms. The van der Waals surface area contributed by atoms with Gasteiger partial charge in [0.05, 0.1) is 0 Å². The van der Waals surface area contributed by atoms with Crippen molar-refractivity contribution in [1.29, 1.82) is 0 Å². The summed E-state index contributed by atoms with van der Waals surface area (Å²) >= 11 is 0. The van der Waals surface area contributed by atoms with Crippen LogP contribution in [0, 0.1) is 0 Å². The van der Waals surface area contributed by atoms with E-state index in [-0.39, 0.29) is 0 Å². The van der Waals surface area contributed by atoms with Crippen LogP contribution in [0.1, 0.15) is 30.4 Å². The molecular formula is C13H18N6. The number of imidazole rings is 1. The summed E-state index contributed by atoms with van der Waals surface area (Å²) in [5, 5.41) is 3.29. The number of aromatic nitrogens is 4. The van der Waals surface area contributed by atoms with E-state index in [1.54, 1.807) is 6.07 Å². The molecule has 2 aromatic heterocycles. The van der Waals surface area contributed by atoms with Gasteiger partial charge in [-0.2, -0.15) is 0 Å². The van der Waals surface area contributed by atoms with Gasteiger partial charge in [-0.05, 0) is 12.8 Å². The minimum Gasteiger partial charge on any atom is -0.384 e. The molecule has 2 heterocycles. The fraction of sp³-hybridized carbons (Fsp3) is 0.462. The van der Waals surface area contributed by atoms with Gasteiger partial charge in [0.25, 0.3) is 0 Å². The van der Waals surface area contributed by atoms with Gasteiger partial charge >= 0.3 is 0 Å². The van der Waals surface area contributed by atoms with Gasteiger partial charge in [-0.25, -0.2) is 15.0 Å². The average Bonchev–Trinajstić information content (AvgIpc) is 3.14. The quantitative estimate of drug-likeness (QED) is 0.845. The third kappa shape index (κ3) is 2.83. The van der Waals surface area contributed by atoms with E-state index in [1.165, 1.54) is 12.8 Å². The zero-order valence-corrected chi connectivity index (χ0v) is 11.0. The van der Waals surface area contributed by atoms with Crippen LogP contribution < -0.4 is 11.1 Å². The van der Waals surface area contributed by atoms with Crippen LogP contribution in [0.3, 0.4) is 0 Å². The molecule has 2 aromatic rings. The van der Waals surface area contributed by atoms with Gasteiger partial charge in [0.2, 0.25) is 0 Å². The Morgan fingerprint density at radius 1 is 1.42 bits per heavy atom.